The minimum absolute atomic E-state index is 0.0269. The van der Waals surface area contributed by atoms with Gasteiger partial charge in [-0.15, -0.1) is 0 Å². The van der Waals surface area contributed by atoms with Crippen LogP contribution >= 0.6 is 0 Å². The van der Waals surface area contributed by atoms with Crippen molar-refractivity contribution in [2.24, 2.45) is 0 Å². The van der Waals surface area contributed by atoms with Crippen LogP contribution < -0.4 is 10.6 Å². The van der Waals surface area contributed by atoms with Crippen molar-refractivity contribution in [2.45, 2.75) is 26.7 Å². The van der Waals surface area contributed by atoms with Crippen molar-refractivity contribution in [3.63, 3.8) is 0 Å². The molecule has 6 heteroatoms. The van der Waals surface area contributed by atoms with Crippen molar-refractivity contribution in [3.05, 3.63) is 41.8 Å². The molecule has 0 bridgehead atoms. The lowest BCUT2D eigenvalue weighted by atomic mass is 10.1. The van der Waals surface area contributed by atoms with E-state index < -0.39 is 0 Å². The second kappa shape index (κ2) is 8.96. The molecule has 2 rings (SSSR count). The highest BCUT2D eigenvalue weighted by molar-refractivity contribution is 6.02. The fourth-order valence-corrected chi connectivity index (χ4v) is 2.48. The zero-order valence-corrected chi connectivity index (χ0v) is 14.3. The smallest absolute Gasteiger partial charge is 0.292 e. The van der Waals surface area contributed by atoms with E-state index in [2.05, 4.69) is 24.5 Å². The molecule has 0 aromatic heterocycles. The first-order valence-electron chi connectivity index (χ1n) is 8.42. The SMILES string of the molecule is CCCN(CCC)C(=O)c1ccc(NC(=O)C2=CNCCO2)cc1. The molecule has 1 aliphatic rings. The van der Waals surface area contributed by atoms with Crippen LogP contribution in [0.5, 0.6) is 0 Å². The van der Waals surface area contributed by atoms with Crippen LogP contribution in [-0.4, -0.2) is 43.0 Å². The van der Waals surface area contributed by atoms with Gasteiger partial charge in [-0.1, -0.05) is 13.8 Å². The molecule has 1 aromatic rings. The van der Waals surface area contributed by atoms with Crippen molar-refractivity contribution in [1.29, 1.82) is 0 Å². The summed E-state index contributed by atoms with van der Waals surface area (Å²) in [5.74, 6) is -0.0163. The predicted molar refractivity (Wildman–Crippen MR) is 93.6 cm³/mol. The summed E-state index contributed by atoms with van der Waals surface area (Å²) in [7, 11) is 0. The van der Waals surface area contributed by atoms with Crippen LogP contribution in [0.15, 0.2) is 36.2 Å². The number of rotatable bonds is 7. The maximum absolute atomic E-state index is 12.5. The van der Waals surface area contributed by atoms with E-state index in [1.54, 1.807) is 30.5 Å². The van der Waals surface area contributed by atoms with E-state index in [0.29, 0.717) is 24.4 Å². The molecule has 0 radical (unpaired) electrons. The zero-order valence-electron chi connectivity index (χ0n) is 14.3. The van der Waals surface area contributed by atoms with Gasteiger partial charge in [-0.05, 0) is 37.1 Å². The number of amides is 2. The van der Waals surface area contributed by atoms with Crippen LogP contribution in [0.25, 0.3) is 0 Å². The third-order valence-electron chi connectivity index (χ3n) is 3.62. The molecule has 2 amide bonds. The fourth-order valence-electron chi connectivity index (χ4n) is 2.48. The number of hydrogen-bond acceptors (Lipinski definition) is 4. The predicted octanol–water partition coefficient (Wildman–Crippen LogP) is 2.35. The van der Waals surface area contributed by atoms with Crippen molar-refractivity contribution in [3.8, 4) is 0 Å². The molecule has 2 N–H and O–H groups in total. The van der Waals surface area contributed by atoms with Gasteiger partial charge in [0, 0.05) is 37.1 Å². The summed E-state index contributed by atoms with van der Waals surface area (Å²) >= 11 is 0. The number of hydrogen-bond donors (Lipinski definition) is 2. The molecule has 6 nitrogen and oxygen atoms in total. The van der Waals surface area contributed by atoms with Crippen LogP contribution in [0.4, 0.5) is 5.69 Å². The number of ether oxygens (including phenoxy) is 1. The first-order valence-corrected chi connectivity index (χ1v) is 8.42. The second-order valence-electron chi connectivity index (χ2n) is 5.63. The summed E-state index contributed by atoms with van der Waals surface area (Å²) in [6.45, 7) is 6.79. The van der Waals surface area contributed by atoms with Crippen LogP contribution in [0.3, 0.4) is 0 Å². The normalized spacial score (nSPS) is 13.3. The number of carbonyl (C=O) groups excluding carboxylic acids is 2. The van der Waals surface area contributed by atoms with Crippen LogP contribution in [0.1, 0.15) is 37.0 Å². The molecule has 0 atom stereocenters. The summed E-state index contributed by atoms with van der Waals surface area (Å²) in [4.78, 5) is 26.4. The van der Waals surface area contributed by atoms with Crippen molar-refractivity contribution >= 4 is 17.5 Å². The Labute approximate surface area is 142 Å². The highest BCUT2D eigenvalue weighted by Gasteiger charge is 2.16. The fraction of sp³-hybridized carbons (Fsp3) is 0.444. The maximum Gasteiger partial charge on any atom is 0.292 e. The van der Waals surface area contributed by atoms with Gasteiger partial charge in [-0.2, -0.15) is 0 Å². The van der Waals surface area contributed by atoms with Gasteiger partial charge in [0.1, 0.15) is 6.61 Å². The lowest BCUT2D eigenvalue weighted by molar-refractivity contribution is -0.116. The van der Waals surface area contributed by atoms with Crippen molar-refractivity contribution in [2.75, 3.05) is 31.6 Å². The molecule has 0 unspecified atom stereocenters. The summed E-state index contributed by atoms with van der Waals surface area (Å²) in [5, 5.41) is 5.72. The summed E-state index contributed by atoms with van der Waals surface area (Å²) in [6.07, 6.45) is 3.43. The molecule has 0 aliphatic carbocycles. The monoisotopic (exact) mass is 331 g/mol. The van der Waals surface area contributed by atoms with Gasteiger partial charge < -0.3 is 20.3 Å². The molecule has 1 heterocycles. The third kappa shape index (κ3) is 4.75. The minimum Gasteiger partial charge on any atom is -0.485 e. The highest BCUT2D eigenvalue weighted by Crippen LogP contribution is 2.14. The molecule has 130 valence electrons. The van der Waals surface area contributed by atoms with Gasteiger partial charge in [0.25, 0.3) is 11.8 Å². The molecule has 24 heavy (non-hydrogen) atoms. The van der Waals surface area contributed by atoms with Crippen LogP contribution in [0, 0.1) is 0 Å². The van der Waals surface area contributed by atoms with Crippen LogP contribution in [-0.2, 0) is 9.53 Å². The van der Waals surface area contributed by atoms with E-state index in [9.17, 15) is 9.59 Å². The second-order valence-corrected chi connectivity index (χ2v) is 5.63. The van der Waals surface area contributed by atoms with E-state index in [4.69, 9.17) is 4.74 Å². The number of anilines is 1. The van der Waals surface area contributed by atoms with Gasteiger partial charge in [0.2, 0.25) is 0 Å². The molecule has 0 saturated carbocycles. The Morgan fingerprint density at radius 1 is 1.17 bits per heavy atom. The Balaban J connectivity index is 2.00. The Kier molecular flexibility index (Phi) is 6.66. The van der Waals surface area contributed by atoms with E-state index >= 15 is 0 Å². The van der Waals surface area contributed by atoms with Gasteiger partial charge in [0.15, 0.2) is 5.76 Å². The number of nitrogens with one attached hydrogen (secondary N) is 2. The van der Waals surface area contributed by atoms with Crippen molar-refractivity contribution < 1.29 is 14.3 Å². The molecule has 0 spiro atoms. The lowest BCUT2D eigenvalue weighted by Gasteiger charge is -2.21. The average Bonchev–Trinajstić information content (AvgIpc) is 2.62. The first kappa shape index (κ1) is 17.8. The van der Waals surface area contributed by atoms with Crippen LogP contribution in [0.2, 0.25) is 0 Å². The quantitative estimate of drug-likeness (QED) is 0.804. The molecule has 1 aliphatic heterocycles. The standard InChI is InChI=1S/C18H25N3O3/c1-3-10-21(11-4-2)18(23)14-5-7-15(8-6-14)20-17(22)16-13-19-9-12-24-16/h5-8,13,19H,3-4,9-12H2,1-2H3,(H,20,22). The first-order chi connectivity index (χ1) is 11.7. The highest BCUT2D eigenvalue weighted by atomic mass is 16.5. The van der Waals surface area contributed by atoms with E-state index in [1.165, 1.54) is 0 Å². The molecule has 0 saturated heterocycles. The van der Waals surface area contributed by atoms with E-state index in [1.807, 2.05) is 4.90 Å². The van der Waals surface area contributed by atoms with Gasteiger partial charge in [-0.25, -0.2) is 0 Å². The maximum atomic E-state index is 12.5. The summed E-state index contributed by atoms with van der Waals surface area (Å²) in [6, 6.07) is 6.95. The minimum atomic E-state index is -0.306. The Bertz CT molecular complexity index is 590. The van der Waals surface area contributed by atoms with Gasteiger partial charge in [0.05, 0.1) is 0 Å². The molecule has 0 fully saturated rings. The largest absolute Gasteiger partial charge is 0.485 e. The molecular formula is C18H25N3O3. The van der Waals surface area contributed by atoms with Gasteiger partial charge in [-0.3, -0.25) is 9.59 Å². The Hall–Kier alpha value is -2.50. The third-order valence-corrected chi connectivity index (χ3v) is 3.62. The van der Waals surface area contributed by atoms with Gasteiger partial charge >= 0.3 is 0 Å². The van der Waals surface area contributed by atoms with E-state index in [-0.39, 0.29) is 17.6 Å². The zero-order chi connectivity index (χ0) is 17.4. The number of benzene rings is 1. The summed E-state index contributed by atoms with van der Waals surface area (Å²) < 4.78 is 5.28. The van der Waals surface area contributed by atoms with E-state index in [0.717, 1.165) is 25.9 Å². The molecular weight excluding hydrogens is 306 g/mol. The Morgan fingerprint density at radius 2 is 1.83 bits per heavy atom. The summed E-state index contributed by atoms with van der Waals surface area (Å²) in [5.41, 5.74) is 1.26. The lowest BCUT2D eigenvalue weighted by Crippen LogP contribution is -2.32. The van der Waals surface area contributed by atoms with Crippen molar-refractivity contribution in [1.82, 2.24) is 10.2 Å². The molecule has 1 aromatic carbocycles. The topological polar surface area (TPSA) is 70.7 Å². The average molecular weight is 331 g/mol. The Morgan fingerprint density at radius 3 is 2.38 bits per heavy atom. The number of nitrogens with zero attached hydrogens (tertiary/aromatic N) is 1. The number of carbonyl (C=O) groups is 2.